The van der Waals surface area contributed by atoms with Crippen LogP contribution in [0.1, 0.15) is 31.2 Å². The molecule has 15 heavy (non-hydrogen) atoms. The molecule has 1 aliphatic carbocycles. The maximum Gasteiger partial charge on any atom is 0.0541 e. The van der Waals surface area contributed by atoms with Gasteiger partial charge in [-0.15, -0.1) is 0 Å². The second-order valence-electron chi connectivity index (χ2n) is 4.62. The van der Waals surface area contributed by atoms with E-state index in [4.69, 9.17) is 5.73 Å². The van der Waals surface area contributed by atoms with Crippen molar-refractivity contribution < 1.29 is 5.11 Å². The summed E-state index contributed by atoms with van der Waals surface area (Å²) < 4.78 is 1.82. The summed E-state index contributed by atoms with van der Waals surface area (Å²) in [6.45, 7) is 0.644. The summed E-state index contributed by atoms with van der Waals surface area (Å²) in [6, 6.07) is 0. The molecule has 0 aliphatic heterocycles. The average molecular weight is 209 g/mol. The number of hydrogen-bond acceptors (Lipinski definition) is 3. The first kappa shape index (κ1) is 10.6. The summed E-state index contributed by atoms with van der Waals surface area (Å²) in [6.07, 6.45) is 7.46. The van der Waals surface area contributed by atoms with Crippen LogP contribution < -0.4 is 5.73 Å². The predicted octanol–water partition coefficient (Wildman–Crippen LogP) is 0.551. The fourth-order valence-electron chi connectivity index (χ4n) is 2.46. The summed E-state index contributed by atoms with van der Waals surface area (Å²) in [5.74, 6) is 0. The highest BCUT2D eigenvalue weighted by Gasteiger charge is 2.36. The third-order valence-corrected chi connectivity index (χ3v) is 3.62. The van der Waals surface area contributed by atoms with E-state index < -0.39 is 0 Å². The Balaban J connectivity index is 2.22. The van der Waals surface area contributed by atoms with E-state index in [2.05, 4.69) is 5.10 Å². The number of aliphatic hydroxyl groups is 1. The van der Waals surface area contributed by atoms with E-state index >= 15 is 0 Å². The summed E-state index contributed by atoms with van der Waals surface area (Å²) in [5.41, 5.74) is 7.18. The molecule has 3 N–H and O–H groups in total. The number of aryl methyl sites for hydroxylation is 1. The number of nitrogens with two attached hydrogens (primary N) is 1. The molecule has 1 aromatic rings. The van der Waals surface area contributed by atoms with Crippen LogP contribution in [-0.2, 0) is 12.5 Å². The van der Waals surface area contributed by atoms with E-state index in [1.165, 1.54) is 5.56 Å². The Morgan fingerprint density at radius 1 is 1.60 bits per heavy atom. The minimum atomic E-state index is -0.138. The van der Waals surface area contributed by atoms with Gasteiger partial charge in [0.1, 0.15) is 0 Å². The van der Waals surface area contributed by atoms with Crippen molar-refractivity contribution in [3.05, 3.63) is 18.0 Å². The zero-order chi connectivity index (χ0) is 10.9. The van der Waals surface area contributed by atoms with Crippen LogP contribution in [0.15, 0.2) is 12.4 Å². The molecule has 0 amide bonds. The summed E-state index contributed by atoms with van der Waals surface area (Å²) >= 11 is 0. The van der Waals surface area contributed by atoms with Crippen molar-refractivity contribution in [3.8, 4) is 0 Å². The molecule has 0 unspecified atom stereocenters. The molecule has 0 bridgehead atoms. The molecule has 4 heteroatoms. The third-order valence-electron chi connectivity index (χ3n) is 3.62. The van der Waals surface area contributed by atoms with E-state index in [-0.39, 0.29) is 11.5 Å². The molecule has 1 fully saturated rings. The molecular formula is C11H19N3O. The standard InChI is InChI=1S/C11H19N3O/c1-14-7-9(6-13-14)11(8-12)4-2-10(15)3-5-11/h6-7,10,15H,2-5,8,12H2,1H3. The normalized spacial score (nSPS) is 31.8. The Morgan fingerprint density at radius 2 is 2.27 bits per heavy atom. The number of hydrogen-bond donors (Lipinski definition) is 2. The smallest absolute Gasteiger partial charge is 0.0541 e. The highest BCUT2D eigenvalue weighted by molar-refractivity contribution is 5.21. The van der Waals surface area contributed by atoms with Crippen molar-refractivity contribution in [1.82, 2.24) is 9.78 Å². The van der Waals surface area contributed by atoms with Gasteiger partial charge in [-0.1, -0.05) is 0 Å². The number of aromatic nitrogens is 2. The lowest BCUT2D eigenvalue weighted by molar-refractivity contribution is 0.0974. The van der Waals surface area contributed by atoms with E-state index in [0.29, 0.717) is 6.54 Å². The molecule has 0 saturated heterocycles. The minimum absolute atomic E-state index is 0.0491. The summed E-state index contributed by atoms with van der Waals surface area (Å²) in [4.78, 5) is 0. The Labute approximate surface area is 90.1 Å². The van der Waals surface area contributed by atoms with Crippen LogP contribution in [0, 0.1) is 0 Å². The third kappa shape index (κ3) is 1.92. The van der Waals surface area contributed by atoms with Crippen LogP contribution in [0.2, 0.25) is 0 Å². The predicted molar refractivity (Wildman–Crippen MR) is 58.4 cm³/mol. The van der Waals surface area contributed by atoms with Gasteiger partial charge in [-0.2, -0.15) is 5.10 Å². The Morgan fingerprint density at radius 3 is 2.73 bits per heavy atom. The fourth-order valence-corrected chi connectivity index (χ4v) is 2.46. The van der Waals surface area contributed by atoms with Crippen molar-refractivity contribution in [3.63, 3.8) is 0 Å². The van der Waals surface area contributed by atoms with Crippen LogP contribution in [0.5, 0.6) is 0 Å². The van der Waals surface area contributed by atoms with Crippen LogP contribution in [0.4, 0.5) is 0 Å². The molecule has 0 spiro atoms. The molecular weight excluding hydrogens is 190 g/mol. The molecule has 1 heterocycles. The zero-order valence-electron chi connectivity index (χ0n) is 9.19. The lowest BCUT2D eigenvalue weighted by Gasteiger charge is -2.37. The van der Waals surface area contributed by atoms with E-state index in [9.17, 15) is 5.11 Å². The molecule has 1 aliphatic rings. The van der Waals surface area contributed by atoms with Crippen molar-refractivity contribution in [2.45, 2.75) is 37.2 Å². The van der Waals surface area contributed by atoms with Gasteiger partial charge in [-0.3, -0.25) is 4.68 Å². The highest BCUT2D eigenvalue weighted by Crippen LogP contribution is 2.38. The van der Waals surface area contributed by atoms with Gasteiger partial charge in [0.05, 0.1) is 12.3 Å². The van der Waals surface area contributed by atoms with Crippen LogP contribution in [0.3, 0.4) is 0 Å². The van der Waals surface area contributed by atoms with E-state index in [0.717, 1.165) is 25.7 Å². The average Bonchev–Trinajstić information content (AvgIpc) is 2.67. The fraction of sp³-hybridized carbons (Fsp3) is 0.727. The molecule has 0 aromatic carbocycles. The quantitative estimate of drug-likeness (QED) is 0.747. The summed E-state index contributed by atoms with van der Waals surface area (Å²) in [7, 11) is 1.92. The van der Waals surface area contributed by atoms with Gasteiger partial charge < -0.3 is 10.8 Å². The van der Waals surface area contributed by atoms with Crippen LogP contribution in [0.25, 0.3) is 0 Å². The van der Waals surface area contributed by atoms with Gasteiger partial charge in [-0.05, 0) is 31.2 Å². The first-order valence-electron chi connectivity index (χ1n) is 5.53. The Kier molecular flexibility index (Phi) is 2.80. The Bertz CT molecular complexity index is 326. The van der Waals surface area contributed by atoms with E-state index in [1.807, 2.05) is 24.1 Å². The maximum absolute atomic E-state index is 9.53. The van der Waals surface area contributed by atoms with Crippen molar-refractivity contribution in [2.75, 3.05) is 6.54 Å². The minimum Gasteiger partial charge on any atom is -0.393 e. The topological polar surface area (TPSA) is 64.1 Å². The molecule has 84 valence electrons. The van der Waals surface area contributed by atoms with Gasteiger partial charge in [0.2, 0.25) is 0 Å². The van der Waals surface area contributed by atoms with Gasteiger partial charge >= 0.3 is 0 Å². The molecule has 0 radical (unpaired) electrons. The van der Waals surface area contributed by atoms with Crippen molar-refractivity contribution in [2.24, 2.45) is 12.8 Å². The monoisotopic (exact) mass is 209 g/mol. The first-order chi connectivity index (χ1) is 7.16. The molecule has 0 atom stereocenters. The first-order valence-corrected chi connectivity index (χ1v) is 5.53. The zero-order valence-corrected chi connectivity index (χ0v) is 9.19. The van der Waals surface area contributed by atoms with Gasteiger partial charge in [0.25, 0.3) is 0 Å². The Hall–Kier alpha value is -0.870. The lowest BCUT2D eigenvalue weighted by Crippen LogP contribution is -2.39. The van der Waals surface area contributed by atoms with Crippen molar-refractivity contribution >= 4 is 0 Å². The number of aliphatic hydroxyl groups excluding tert-OH is 1. The van der Waals surface area contributed by atoms with Gasteiger partial charge in [0.15, 0.2) is 0 Å². The molecule has 4 nitrogen and oxygen atoms in total. The van der Waals surface area contributed by atoms with E-state index in [1.54, 1.807) is 0 Å². The number of nitrogens with zero attached hydrogens (tertiary/aromatic N) is 2. The SMILES string of the molecule is Cn1cc(C2(CN)CCC(O)CC2)cn1. The largest absolute Gasteiger partial charge is 0.393 e. The molecule has 1 aromatic heterocycles. The van der Waals surface area contributed by atoms with Crippen molar-refractivity contribution in [1.29, 1.82) is 0 Å². The lowest BCUT2D eigenvalue weighted by atomic mass is 9.70. The maximum atomic E-state index is 9.53. The second-order valence-corrected chi connectivity index (χ2v) is 4.62. The van der Waals surface area contributed by atoms with Gasteiger partial charge in [0, 0.05) is 25.2 Å². The van der Waals surface area contributed by atoms with Gasteiger partial charge in [-0.25, -0.2) is 0 Å². The summed E-state index contributed by atoms with van der Waals surface area (Å²) in [5, 5.41) is 13.7. The second kappa shape index (κ2) is 3.94. The van der Waals surface area contributed by atoms with Crippen LogP contribution in [-0.4, -0.2) is 27.5 Å². The van der Waals surface area contributed by atoms with Crippen LogP contribution >= 0.6 is 0 Å². The molecule has 2 rings (SSSR count). The molecule has 1 saturated carbocycles. The highest BCUT2D eigenvalue weighted by atomic mass is 16.3. The number of rotatable bonds is 2.